The minimum Gasteiger partial charge on any atom is -0.344 e. The van der Waals surface area contributed by atoms with E-state index in [-0.39, 0.29) is 11.3 Å². The smallest absolute Gasteiger partial charge is 0.244 e. The van der Waals surface area contributed by atoms with Gasteiger partial charge < -0.3 is 4.90 Å². The molecule has 0 radical (unpaired) electrons. The van der Waals surface area contributed by atoms with Crippen LogP contribution in [-0.4, -0.2) is 50.9 Å². The van der Waals surface area contributed by atoms with Gasteiger partial charge in [0, 0.05) is 13.6 Å². The molecule has 1 unspecified atom stereocenters. The van der Waals surface area contributed by atoms with Gasteiger partial charge in [0.15, 0.2) is 0 Å². The summed E-state index contributed by atoms with van der Waals surface area (Å²) >= 11 is 1.56. The lowest BCUT2D eigenvalue weighted by Crippen LogP contribution is -2.54. The molecule has 0 aliphatic heterocycles. The molecule has 4 aliphatic carbocycles. The number of amides is 1. The number of likely N-dealkylation sites (N-methyl/N-ethyl adjacent to an activating group) is 1. The van der Waals surface area contributed by atoms with Gasteiger partial charge in [0.1, 0.15) is 16.8 Å². The molecule has 0 spiro atoms. The van der Waals surface area contributed by atoms with Crippen LogP contribution in [0.25, 0.3) is 0 Å². The maximum atomic E-state index is 14.1. The van der Waals surface area contributed by atoms with Crippen LogP contribution in [0.15, 0.2) is 29.2 Å². The lowest BCUT2D eigenvalue weighted by molar-refractivity contribution is -0.137. The van der Waals surface area contributed by atoms with Crippen LogP contribution in [0.1, 0.15) is 44.9 Å². The Hall–Kier alpha value is -1.12. The van der Waals surface area contributed by atoms with Gasteiger partial charge in [-0.3, -0.25) is 4.79 Å². The number of thioether (sulfide) groups is 1. The summed E-state index contributed by atoms with van der Waals surface area (Å²) in [5.74, 6) is 1.99. The molecule has 5 rings (SSSR count). The Morgan fingerprint density at radius 3 is 2.32 bits per heavy atom. The lowest BCUT2D eigenvalue weighted by atomic mass is 9.49. The van der Waals surface area contributed by atoms with E-state index < -0.39 is 26.8 Å². The Balaban J connectivity index is 1.48. The molecule has 1 atom stereocenters. The molecule has 8 heteroatoms. The summed E-state index contributed by atoms with van der Waals surface area (Å²) in [6.45, 7) is 0.687. The molecule has 4 aliphatic rings. The number of halogens is 1. The van der Waals surface area contributed by atoms with Gasteiger partial charge in [-0.25, -0.2) is 12.8 Å². The largest absolute Gasteiger partial charge is 0.344 e. The van der Waals surface area contributed by atoms with Crippen molar-refractivity contribution in [3.8, 4) is 0 Å². The minimum atomic E-state index is -4.13. The second-order valence-electron chi connectivity index (χ2n) is 10.00. The van der Waals surface area contributed by atoms with Gasteiger partial charge in [-0.1, -0.05) is 12.1 Å². The molecule has 4 saturated carbocycles. The van der Waals surface area contributed by atoms with E-state index in [1.807, 2.05) is 6.26 Å². The number of benzene rings is 1. The zero-order valence-electron chi connectivity index (χ0n) is 18.3. The fraction of sp³-hybridized carbons (Fsp3) is 0.696. The second-order valence-corrected chi connectivity index (χ2v) is 12.7. The summed E-state index contributed by atoms with van der Waals surface area (Å²) < 4.78 is 42.3. The first-order valence-electron chi connectivity index (χ1n) is 11.2. The maximum absolute atomic E-state index is 14.1. The highest BCUT2D eigenvalue weighted by Gasteiger charge is 2.51. The molecule has 5 nitrogen and oxygen atoms in total. The molecule has 0 heterocycles. The van der Waals surface area contributed by atoms with Crippen LogP contribution in [0.2, 0.25) is 0 Å². The van der Waals surface area contributed by atoms with Crippen molar-refractivity contribution in [1.82, 2.24) is 9.62 Å². The van der Waals surface area contributed by atoms with Crippen LogP contribution in [0.4, 0.5) is 4.39 Å². The van der Waals surface area contributed by atoms with Gasteiger partial charge in [0.2, 0.25) is 15.9 Å². The summed E-state index contributed by atoms with van der Waals surface area (Å²) in [6.07, 6.45) is 9.89. The van der Waals surface area contributed by atoms with Crippen LogP contribution >= 0.6 is 11.8 Å². The van der Waals surface area contributed by atoms with Gasteiger partial charge >= 0.3 is 0 Å². The third-order valence-corrected chi connectivity index (χ3v) is 9.60. The molecule has 0 saturated heterocycles. The monoisotopic (exact) mass is 468 g/mol. The van der Waals surface area contributed by atoms with Gasteiger partial charge in [-0.05, 0) is 92.3 Å². The zero-order chi connectivity index (χ0) is 22.2. The molecule has 1 N–H and O–H groups in total. The first kappa shape index (κ1) is 23.1. The molecule has 31 heavy (non-hydrogen) atoms. The zero-order valence-corrected chi connectivity index (χ0v) is 20.0. The van der Waals surface area contributed by atoms with E-state index in [0.717, 1.165) is 23.8 Å². The van der Waals surface area contributed by atoms with Gasteiger partial charge in [-0.2, -0.15) is 16.5 Å². The molecule has 1 aromatic rings. The van der Waals surface area contributed by atoms with Crippen molar-refractivity contribution in [1.29, 1.82) is 0 Å². The van der Waals surface area contributed by atoms with Crippen molar-refractivity contribution in [3.05, 3.63) is 30.1 Å². The maximum Gasteiger partial charge on any atom is 0.244 e. The molecular formula is C23H33FN2O3S2. The average Bonchev–Trinajstić information content (AvgIpc) is 2.69. The summed E-state index contributed by atoms with van der Waals surface area (Å²) in [5, 5.41) is 0. The predicted octanol–water partition coefficient (Wildman–Crippen LogP) is 3.90. The number of nitrogens with one attached hydrogen (secondary N) is 1. The van der Waals surface area contributed by atoms with E-state index in [9.17, 15) is 17.6 Å². The molecule has 1 aromatic carbocycles. The third-order valence-electron chi connectivity index (χ3n) is 7.45. The van der Waals surface area contributed by atoms with E-state index in [2.05, 4.69) is 4.72 Å². The standard InChI is InChI=1S/C23H33FN2O3S2/c1-26(15-23-12-16-9-17(13-23)11-18(10-16)14-23)22(27)20(7-8-30-2)25-31(28,29)21-6-4-3-5-19(21)24/h3-6,16-18,20,25H,7-15H2,1-2H3. The fourth-order valence-corrected chi connectivity index (χ4v) is 8.49. The second kappa shape index (κ2) is 9.02. The predicted molar refractivity (Wildman–Crippen MR) is 122 cm³/mol. The van der Waals surface area contributed by atoms with Crippen molar-refractivity contribution in [2.45, 2.75) is 55.9 Å². The SMILES string of the molecule is CSCCC(NS(=O)(=O)c1ccccc1F)C(=O)N(C)CC12CC3CC(CC(C3)C1)C2. The van der Waals surface area contributed by atoms with Crippen molar-refractivity contribution < 1.29 is 17.6 Å². The van der Waals surface area contributed by atoms with E-state index in [0.29, 0.717) is 18.7 Å². The summed E-state index contributed by atoms with van der Waals surface area (Å²) in [6, 6.07) is 4.38. The topological polar surface area (TPSA) is 66.5 Å². The van der Waals surface area contributed by atoms with Gasteiger partial charge in [-0.15, -0.1) is 0 Å². The van der Waals surface area contributed by atoms with Crippen molar-refractivity contribution >= 4 is 27.7 Å². The quantitative estimate of drug-likeness (QED) is 0.597. The molecular weight excluding hydrogens is 435 g/mol. The Morgan fingerprint density at radius 1 is 1.19 bits per heavy atom. The number of hydrogen-bond acceptors (Lipinski definition) is 4. The van der Waals surface area contributed by atoms with Crippen molar-refractivity contribution in [2.24, 2.45) is 23.2 Å². The van der Waals surface area contributed by atoms with Crippen molar-refractivity contribution in [3.63, 3.8) is 0 Å². The van der Waals surface area contributed by atoms with Crippen molar-refractivity contribution in [2.75, 3.05) is 25.6 Å². The number of hydrogen-bond donors (Lipinski definition) is 1. The van der Waals surface area contributed by atoms with Crippen LogP contribution in [0.3, 0.4) is 0 Å². The van der Waals surface area contributed by atoms with Crippen LogP contribution in [0, 0.1) is 29.0 Å². The number of nitrogens with zero attached hydrogens (tertiary/aromatic N) is 1. The summed E-state index contributed by atoms with van der Waals surface area (Å²) in [5.41, 5.74) is 0.188. The Labute approximate surface area is 189 Å². The first-order chi connectivity index (χ1) is 14.7. The van der Waals surface area contributed by atoms with Crippen LogP contribution in [0.5, 0.6) is 0 Å². The average molecular weight is 469 g/mol. The Bertz CT molecular complexity index is 886. The first-order valence-corrected chi connectivity index (χ1v) is 14.1. The molecule has 1 amide bonds. The van der Waals surface area contributed by atoms with E-state index >= 15 is 0 Å². The highest BCUT2D eigenvalue weighted by atomic mass is 32.2. The van der Waals surface area contributed by atoms with E-state index in [1.54, 1.807) is 23.7 Å². The normalized spacial score (nSPS) is 30.4. The van der Waals surface area contributed by atoms with Crippen LogP contribution < -0.4 is 4.72 Å². The van der Waals surface area contributed by atoms with Gasteiger partial charge in [0.25, 0.3) is 0 Å². The summed E-state index contributed by atoms with van der Waals surface area (Å²) in [7, 11) is -2.34. The molecule has 172 valence electrons. The van der Waals surface area contributed by atoms with E-state index in [4.69, 9.17) is 0 Å². The molecule has 0 aromatic heterocycles. The number of rotatable bonds is 9. The highest BCUT2D eigenvalue weighted by Crippen LogP contribution is 2.60. The number of carbonyl (C=O) groups excluding carboxylic acids is 1. The summed E-state index contributed by atoms with van der Waals surface area (Å²) in [4.78, 5) is 14.7. The Morgan fingerprint density at radius 2 is 1.77 bits per heavy atom. The van der Waals surface area contributed by atoms with Crippen LogP contribution in [-0.2, 0) is 14.8 Å². The lowest BCUT2D eigenvalue weighted by Gasteiger charge is -2.57. The Kier molecular flexibility index (Phi) is 6.71. The molecule has 4 fully saturated rings. The molecule has 4 bridgehead atoms. The van der Waals surface area contributed by atoms with Gasteiger partial charge in [0.05, 0.1) is 0 Å². The van der Waals surface area contributed by atoms with E-state index in [1.165, 1.54) is 56.7 Å². The third kappa shape index (κ3) is 4.96. The fourth-order valence-electron chi connectivity index (χ4n) is 6.71. The number of sulfonamides is 1. The minimum absolute atomic E-state index is 0.188. The highest BCUT2D eigenvalue weighted by molar-refractivity contribution is 7.98. The number of carbonyl (C=O) groups is 1.